The lowest BCUT2D eigenvalue weighted by atomic mass is 10.1. The van der Waals surface area contributed by atoms with Crippen LogP contribution in [0.2, 0.25) is 0 Å². The lowest BCUT2D eigenvalue weighted by molar-refractivity contribution is -0.121. The third-order valence-corrected chi connectivity index (χ3v) is 3.32. The third kappa shape index (κ3) is 8.35. The normalized spacial score (nSPS) is 10.7. The highest BCUT2D eigenvalue weighted by molar-refractivity contribution is 5.75. The fourth-order valence-corrected chi connectivity index (χ4v) is 1.94. The van der Waals surface area contributed by atoms with Gasteiger partial charge in [0.15, 0.2) is 0 Å². The number of methoxy groups -OCH3 is 1. The van der Waals surface area contributed by atoms with Crippen LogP contribution < -0.4 is 15.4 Å². The molecule has 0 fully saturated rings. The van der Waals surface area contributed by atoms with Gasteiger partial charge in [-0.15, -0.1) is 0 Å². The number of ether oxygens (including phenoxy) is 1. The first-order chi connectivity index (χ1) is 10.1. The maximum absolute atomic E-state index is 11.6. The van der Waals surface area contributed by atoms with Crippen molar-refractivity contribution in [1.29, 1.82) is 0 Å². The standard InChI is InChI=1S/C17H28N2O2/c1-14(2)8-13-19-17(20)10-12-18-11-9-15-4-6-16(21-3)7-5-15/h4-7,14,18H,8-13H2,1-3H3,(H,19,20). The molecule has 0 aliphatic heterocycles. The van der Waals surface area contributed by atoms with Crippen LogP contribution in [-0.2, 0) is 11.2 Å². The van der Waals surface area contributed by atoms with E-state index in [1.165, 1.54) is 5.56 Å². The Kier molecular flexibility index (Phi) is 8.51. The van der Waals surface area contributed by atoms with Crippen LogP contribution in [0.15, 0.2) is 24.3 Å². The molecule has 21 heavy (non-hydrogen) atoms. The average molecular weight is 292 g/mol. The van der Waals surface area contributed by atoms with E-state index in [1.54, 1.807) is 7.11 Å². The summed E-state index contributed by atoms with van der Waals surface area (Å²) in [5, 5.41) is 6.24. The molecular formula is C17H28N2O2. The molecule has 1 aromatic rings. The lowest BCUT2D eigenvalue weighted by Crippen LogP contribution is -2.29. The highest BCUT2D eigenvalue weighted by atomic mass is 16.5. The predicted molar refractivity (Wildman–Crippen MR) is 86.6 cm³/mol. The Bertz CT molecular complexity index is 402. The van der Waals surface area contributed by atoms with Crippen molar-refractivity contribution in [2.24, 2.45) is 5.92 Å². The minimum atomic E-state index is 0.132. The number of nitrogens with one attached hydrogen (secondary N) is 2. The van der Waals surface area contributed by atoms with Crippen LogP contribution >= 0.6 is 0 Å². The maximum atomic E-state index is 11.6. The zero-order valence-electron chi connectivity index (χ0n) is 13.4. The molecule has 4 heteroatoms. The highest BCUT2D eigenvalue weighted by Gasteiger charge is 2.01. The first-order valence-corrected chi connectivity index (χ1v) is 7.72. The zero-order chi connectivity index (χ0) is 15.5. The lowest BCUT2D eigenvalue weighted by Gasteiger charge is -2.08. The van der Waals surface area contributed by atoms with Crippen molar-refractivity contribution in [2.75, 3.05) is 26.7 Å². The molecule has 1 rings (SSSR count). The largest absolute Gasteiger partial charge is 0.497 e. The van der Waals surface area contributed by atoms with Crippen molar-refractivity contribution in [3.05, 3.63) is 29.8 Å². The Morgan fingerprint density at radius 1 is 1.14 bits per heavy atom. The molecule has 1 aromatic carbocycles. The molecule has 0 aliphatic rings. The van der Waals surface area contributed by atoms with Gasteiger partial charge in [-0.05, 0) is 43.0 Å². The number of amides is 1. The second-order valence-corrected chi connectivity index (χ2v) is 5.63. The topological polar surface area (TPSA) is 50.4 Å². The molecule has 4 nitrogen and oxygen atoms in total. The number of carbonyl (C=O) groups is 1. The molecule has 0 radical (unpaired) electrons. The first kappa shape index (κ1) is 17.5. The highest BCUT2D eigenvalue weighted by Crippen LogP contribution is 2.11. The minimum Gasteiger partial charge on any atom is -0.497 e. The van der Waals surface area contributed by atoms with Crippen molar-refractivity contribution in [2.45, 2.75) is 33.1 Å². The second kappa shape index (κ2) is 10.2. The molecule has 0 aliphatic carbocycles. The van der Waals surface area contributed by atoms with Gasteiger partial charge in [0.05, 0.1) is 7.11 Å². The molecule has 118 valence electrons. The molecule has 2 N–H and O–H groups in total. The van der Waals surface area contributed by atoms with E-state index in [4.69, 9.17) is 4.74 Å². The summed E-state index contributed by atoms with van der Waals surface area (Å²) in [4.78, 5) is 11.6. The van der Waals surface area contributed by atoms with Crippen LogP contribution in [0.5, 0.6) is 5.75 Å². The van der Waals surface area contributed by atoms with Crippen LogP contribution in [0.3, 0.4) is 0 Å². The number of rotatable bonds is 10. The van der Waals surface area contributed by atoms with Crippen molar-refractivity contribution in [3.8, 4) is 5.75 Å². The number of hydrogen-bond acceptors (Lipinski definition) is 3. The molecule has 0 saturated heterocycles. The molecule has 0 bridgehead atoms. The molecule has 0 spiro atoms. The predicted octanol–water partition coefficient (Wildman–Crippen LogP) is 2.38. The molecule has 0 unspecified atom stereocenters. The van der Waals surface area contributed by atoms with Gasteiger partial charge in [-0.25, -0.2) is 0 Å². The van der Waals surface area contributed by atoms with E-state index >= 15 is 0 Å². The van der Waals surface area contributed by atoms with Gasteiger partial charge in [0.25, 0.3) is 0 Å². The summed E-state index contributed by atoms with van der Waals surface area (Å²) in [5.41, 5.74) is 1.27. The van der Waals surface area contributed by atoms with Gasteiger partial charge in [0.1, 0.15) is 5.75 Å². The van der Waals surface area contributed by atoms with Gasteiger partial charge in [0.2, 0.25) is 5.91 Å². The third-order valence-electron chi connectivity index (χ3n) is 3.32. The molecule has 0 aromatic heterocycles. The fourth-order valence-electron chi connectivity index (χ4n) is 1.94. The molecule has 1 amide bonds. The molecule has 0 saturated carbocycles. The first-order valence-electron chi connectivity index (χ1n) is 7.72. The van der Waals surface area contributed by atoms with Crippen LogP contribution in [0, 0.1) is 5.92 Å². The van der Waals surface area contributed by atoms with Crippen LogP contribution in [0.1, 0.15) is 32.3 Å². The van der Waals surface area contributed by atoms with Gasteiger partial charge < -0.3 is 15.4 Å². The Morgan fingerprint density at radius 2 is 1.86 bits per heavy atom. The number of carbonyl (C=O) groups excluding carboxylic acids is 1. The van der Waals surface area contributed by atoms with Gasteiger partial charge in [-0.3, -0.25) is 4.79 Å². The number of benzene rings is 1. The zero-order valence-corrected chi connectivity index (χ0v) is 13.4. The fraction of sp³-hybridized carbons (Fsp3) is 0.588. The summed E-state index contributed by atoms with van der Waals surface area (Å²) in [6.07, 6.45) is 2.54. The summed E-state index contributed by atoms with van der Waals surface area (Å²) in [6.45, 7) is 6.71. The van der Waals surface area contributed by atoms with Crippen molar-refractivity contribution in [3.63, 3.8) is 0 Å². The SMILES string of the molecule is COc1ccc(CCNCCC(=O)NCCC(C)C)cc1. The van der Waals surface area contributed by atoms with Crippen LogP contribution in [0.4, 0.5) is 0 Å². The van der Waals surface area contributed by atoms with Gasteiger partial charge in [-0.2, -0.15) is 0 Å². The smallest absolute Gasteiger partial charge is 0.221 e. The van der Waals surface area contributed by atoms with Gasteiger partial charge >= 0.3 is 0 Å². The van der Waals surface area contributed by atoms with E-state index in [0.29, 0.717) is 12.3 Å². The van der Waals surface area contributed by atoms with E-state index in [-0.39, 0.29) is 5.91 Å². The Morgan fingerprint density at radius 3 is 2.48 bits per heavy atom. The summed E-state index contributed by atoms with van der Waals surface area (Å²) in [5.74, 6) is 1.64. The quantitative estimate of drug-likeness (QED) is 0.651. The Balaban J connectivity index is 2.04. The Hall–Kier alpha value is -1.55. The summed E-state index contributed by atoms with van der Waals surface area (Å²) >= 11 is 0. The molecular weight excluding hydrogens is 264 g/mol. The summed E-state index contributed by atoms with van der Waals surface area (Å²) in [7, 11) is 1.67. The van der Waals surface area contributed by atoms with E-state index in [0.717, 1.165) is 38.2 Å². The monoisotopic (exact) mass is 292 g/mol. The van der Waals surface area contributed by atoms with Crippen molar-refractivity contribution < 1.29 is 9.53 Å². The van der Waals surface area contributed by atoms with E-state index < -0.39 is 0 Å². The van der Waals surface area contributed by atoms with E-state index in [2.05, 4.69) is 36.6 Å². The maximum Gasteiger partial charge on any atom is 0.221 e. The van der Waals surface area contributed by atoms with Crippen LogP contribution in [-0.4, -0.2) is 32.7 Å². The second-order valence-electron chi connectivity index (χ2n) is 5.63. The van der Waals surface area contributed by atoms with Gasteiger partial charge in [-0.1, -0.05) is 26.0 Å². The minimum absolute atomic E-state index is 0.132. The summed E-state index contributed by atoms with van der Waals surface area (Å²) < 4.78 is 5.13. The average Bonchev–Trinajstić information content (AvgIpc) is 2.47. The van der Waals surface area contributed by atoms with E-state index in [1.807, 2.05) is 12.1 Å². The Labute approximate surface area is 128 Å². The van der Waals surface area contributed by atoms with Crippen LogP contribution in [0.25, 0.3) is 0 Å². The number of hydrogen-bond donors (Lipinski definition) is 2. The van der Waals surface area contributed by atoms with E-state index in [9.17, 15) is 4.79 Å². The van der Waals surface area contributed by atoms with Crippen molar-refractivity contribution >= 4 is 5.91 Å². The summed E-state index contributed by atoms with van der Waals surface area (Å²) in [6, 6.07) is 8.08. The molecule has 0 atom stereocenters. The van der Waals surface area contributed by atoms with Gasteiger partial charge in [0, 0.05) is 19.5 Å². The molecule has 0 heterocycles. The van der Waals surface area contributed by atoms with Crippen molar-refractivity contribution in [1.82, 2.24) is 10.6 Å².